The van der Waals surface area contributed by atoms with Crippen molar-refractivity contribution in [3.05, 3.63) is 0 Å². The normalized spacial score (nSPS) is 55.4. The molecule has 4 saturated heterocycles. The summed E-state index contributed by atoms with van der Waals surface area (Å²) in [6.07, 6.45) is 1.32. The van der Waals surface area contributed by atoms with E-state index in [0.29, 0.717) is 6.04 Å². The monoisotopic (exact) mass is 174 g/mol. The third-order valence-corrected chi connectivity index (χ3v) is 3.11. The van der Waals surface area contributed by atoms with Crippen molar-refractivity contribution in [2.24, 2.45) is 5.92 Å². The van der Waals surface area contributed by atoms with Gasteiger partial charge in [0, 0.05) is 37.5 Å². The second kappa shape index (κ2) is 2.08. The second-order valence-electron chi connectivity index (χ2n) is 3.62. The Kier molecular flexibility index (Phi) is 1.26. The summed E-state index contributed by atoms with van der Waals surface area (Å²) >= 11 is 5.99. The summed E-state index contributed by atoms with van der Waals surface area (Å²) < 4.78 is 1.69. The molecule has 4 rings (SSSR count). The van der Waals surface area contributed by atoms with E-state index in [4.69, 9.17) is 11.8 Å². The number of hydrazine groups is 3. The molecule has 0 amide bonds. The summed E-state index contributed by atoms with van der Waals surface area (Å²) in [5, 5.41) is 4.20. The summed E-state index contributed by atoms with van der Waals surface area (Å²) in [6, 6.07) is 0.637. The molecule has 4 aliphatic heterocycles. The van der Waals surface area contributed by atoms with Gasteiger partial charge in [-0.25, -0.2) is 10.4 Å². The molecule has 0 radical (unpaired) electrons. The summed E-state index contributed by atoms with van der Waals surface area (Å²) in [7, 11) is 0. The van der Waals surface area contributed by atoms with E-state index in [0.717, 1.165) is 25.6 Å². The van der Waals surface area contributed by atoms with E-state index >= 15 is 0 Å². The molecule has 1 N–H and O–H groups in total. The lowest BCUT2D eigenvalue weighted by Crippen LogP contribution is -2.74. The van der Waals surface area contributed by atoms with Crippen LogP contribution in [-0.4, -0.2) is 40.4 Å². The predicted molar refractivity (Wildman–Crippen MR) is 41.0 cm³/mol. The first-order valence-corrected chi connectivity index (χ1v) is 4.41. The Morgan fingerprint density at radius 1 is 1.27 bits per heavy atom. The van der Waals surface area contributed by atoms with Crippen LogP contribution in [0.1, 0.15) is 6.42 Å². The lowest BCUT2D eigenvalue weighted by Gasteiger charge is -2.56. The van der Waals surface area contributed by atoms with Crippen molar-refractivity contribution in [1.82, 2.24) is 20.2 Å². The minimum Gasteiger partial charge on any atom is -0.235 e. The molecule has 4 unspecified atom stereocenters. The van der Waals surface area contributed by atoms with E-state index in [1.165, 1.54) is 6.42 Å². The molecule has 62 valence electrons. The minimum atomic E-state index is 0.637. The number of nitrogens with zero attached hydrogens (tertiary/aromatic N) is 3. The highest BCUT2D eigenvalue weighted by atomic mass is 35.5. The molecule has 0 aromatic carbocycles. The average molecular weight is 175 g/mol. The average Bonchev–Trinajstić information content (AvgIpc) is 1.98. The van der Waals surface area contributed by atoms with E-state index in [1.807, 2.05) is 5.12 Å². The molecule has 0 aromatic rings. The Bertz CT molecular complexity index is 157. The fourth-order valence-corrected chi connectivity index (χ4v) is 2.54. The Balaban J connectivity index is 1.91. The lowest BCUT2D eigenvalue weighted by molar-refractivity contribution is -0.254. The maximum atomic E-state index is 5.99. The molecule has 4 bridgehead atoms. The first-order valence-electron chi connectivity index (χ1n) is 4.07. The van der Waals surface area contributed by atoms with Crippen LogP contribution in [0.4, 0.5) is 0 Å². The topological polar surface area (TPSA) is 21.8 Å². The van der Waals surface area contributed by atoms with Gasteiger partial charge in [0.05, 0.1) is 0 Å². The van der Waals surface area contributed by atoms with Gasteiger partial charge < -0.3 is 0 Å². The molecule has 0 aliphatic carbocycles. The van der Waals surface area contributed by atoms with Crippen molar-refractivity contribution in [3.8, 4) is 0 Å². The zero-order chi connectivity index (χ0) is 7.42. The molecule has 0 spiro atoms. The van der Waals surface area contributed by atoms with Gasteiger partial charge in [0.2, 0.25) is 0 Å². The lowest BCUT2D eigenvalue weighted by atomic mass is 9.93. The summed E-state index contributed by atoms with van der Waals surface area (Å²) in [5.74, 6) is 0.824. The molecular weight excluding hydrogens is 164 g/mol. The van der Waals surface area contributed by atoms with Crippen LogP contribution in [0.15, 0.2) is 0 Å². The Morgan fingerprint density at radius 2 is 2.18 bits per heavy atom. The van der Waals surface area contributed by atoms with E-state index in [1.54, 1.807) is 4.64 Å². The fraction of sp³-hybridized carbons (Fsp3) is 1.00. The summed E-state index contributed by atoms with van der Waals surface area (Å²) in [6.45, 7) is 3.27. The largest absolute Gasteiger partial charge is 0.235 e. The Hall–Kier alpha value is 0.130. The third kappa shape index (κ3) is 0.846. The van der Waals surface area contributed by atoms with Gasteiger partial charge in [0.15, 0.2) is 0 Å². The van der Waals surface area contributed by atoms with Crippen LogP contribution < -0.4 is 5.43 Å². The van der Waals surface area contributed by atoms with E-state index in [9.17, 15) is 0 Å². The SMILES string of the molecule is ClN1N2CC3CC(C2)NN1C3. The van der Waals surface area contributed by atoms with Crippen molar-refractivity contribution in [1.29, 1.82) is 0 Å². The van der Waals surface area contributed by atoms with E-state index < -0.39 is 0 Å². The number of hydrogen-bond acceptors (Lipinski definition) is 4. The number of hydrogen-bond donors (Lipinski definition) is 1. The first-order chi connectivity index (χ1) is 5.33. The molecule has 0 saturated carbocycles. The van der Waals surface area contributed by atoms with Crippen LogP contribution >= 0.6 is 11.8 Å². The smallest absolute Gasteiger partial charge is 0.0375 e. The Morgan fingerprint density at radius 3 is 2.91 bits per heavy atom. The minimum absolute atomic E-state index is 0.637. The van der Waals surface area contributed by atoms with Crippen LogP contribution in [0.5, 0.6) is 0 Å². The molecule has 0 aromatic heterocycles. The summed E-state index contributed by atoms with van der Waals surface area (Å²) in [5.41, 5.74) is 3.35. The highest BCUT2D eigenvalue weighted by Crippen LogP contribution is 2.31. The van der Waals surface area contributed by atoms with Crippen molar-refractivity contribution in [3.63, 3.8) is 0 Å². The Labute approximate surface area is 70.7 Å². The second-order valence-corrected chi connectivity index (χ2v) is 3.92. The molecule has 11 heavy (non-hydrogen) atoms. The highest BCUT2D eigenvalue weighted by Gasteiger charge is 2.44. The quantitative estimate of drug-likeness (QED) is 0.514. The fourth-order valence-electron chi connectivity index (χ4n) is 2.31. The molecule has 4 heterocycles. The number of piperidine rings is 1. The van der Waals surface area contributed by atoms with Crippen LogP contribution in [-0.2, 0) is 0 Å². The maximum absolute atomic E-state index is 5.99. The van der Waals surface area contributed by atoms with Crippen LogP contribution in [0, 0.1) is 5.92 Å². The standard InChI is InChI=1S/C6H11ClN4/c7-11-9-2-5-1-6(4-9)8-10(11)3-5/h5-6,8H,1-4H2. The first kappa shape index (κ1) is 6.62. The summed E-state index contributed by atoms with van der Waals surface area (Å²) in [4.78, 5) is 0. The van der Waals surface area contributed by atoms with Gasteiger partial charge in [-0.1, -0.05) is 4.64 Å². The predicted octanol–water partition coefficient (Wildman–Crippen LogP) is -0.203. The number of nitrogens with one attached hydrogen (secondary N) is 1. The van der Waals surface area contributed by atoms with E-state index in [2.05, 4.69) is 10.4 Å². The van der Waals surface area contributed by atoms with Gasteiger partial charge >= 0.3 is 0 Å². The van der Waals surface area contributed by atoms with Gasteiger partial charge in [-0.3, -0.25) is 0 Å². The van der Waals surface area contributed by atoms with Crippen molar-refractivity contribution in [2.45, 2.75) is 12.5 Å². The van der Waals surface area contributed by atoms with E-state index in [-0.39, 0.29) is 0 Å². The number of halogens is 1. The number of rotatable bonds is 0. The maximum Gasteiger partial charge on any atom is 0.0375 e. The molecule has 4 fully saturated rings. The molecular formula is C6H11ClN4. The van der Waals surface area contributed by atoms with Gasteiger partial charge in [-0.2, -0.15) is 0 Å². The van der Waals surface area contributed by atoms with Crippen molar-refractivity contribution < 1.29 is 0 Å². The van der Waals surface area contributed by atoms with Crippen LogP contribution in [0.3, 0.4) is 0 Å². The zero-order valence-corrected chi connectivity index (χ0v) is 6.96. The van der Waals surface area contributed by atoms with Crippen LogP contribution in [0.2, 0.25) is 0 Å². The molecule has 5 heteroatoms. The van der Waals surface area contributed by atoms with Gasteiger partial charge in [0.1, 0.15) is 0 Å². The van der Waals surface area contributed by atoms with Gasteiger partial charge in [-0.05, 0) is 12.3 Å². The van der Waals surface area contributed by atoms with Crippen LogP contribution in [0.25, 0.3) is 0 Å². The van der Waals surface area contributed by atoms with Gasteiger partial charge in [-0.15, -0.1) is 5.12 Å². The van der Waals surface area contributed by atoms with Gasteiger partial charge in [0.25, 0.3) is 0 Å². The highest BCUT2D eigenvalue weighted by molar-refractivity contribution is 6.12. The molecule has 4 nitrogen and oxygen atoms in total. The van der Waals surface area contributed by atoms with Crippen molar-refractivity contribution in [2.75, 3.05) is 19.6 Å². The zero-order valence-electron chi connectivity index (χ0n) is 6.20. The molecule has 4 aliphatic rings. The van der Waals surface area contributed by atoms with Crippen molar-refractivity contribution >= 4 is 11.8 Å². The molecule has 4 atom stereocenters. The third-order valence-electron chi connectivity index (χ3n) is 2.71.